The Morgan fingerprint density at radius 3 is 2.13 bits per heavy atom. The summed E-state index contributed by atoms with van der Waals surface area (Å²) in [5, 5.41) is 0.373. The van der Waals surface area contributed by atoms with Gasteiger partial charge in [-0.05, 0) is 17.7 Å². The number of hydrogen-bond acceptors (Lipinski definition) is 3. The molecule has 1 heterocycles. The molecular weight excluding hydrogens is 259 g/mol. The highest BCUT2D eigenvalue weighted by molar-refractivity contribution is 7.88. The average Bonchev–Trinajstić information content (AvgIpc) is 1.99. The second kappa shape index (κ2) is 4.65. The first-order valence-electron chi connectivity index (χ1n) is 4.03. The molecular formula is C8H10Cl2N2O2S. The second-order valence-electron chi connectivity index (χ2n) is 3.16. The van der Waals surface area contributed by atoms with E-state index >= 15 is 0 Å². The molecule has 0 aromatic carbocycles. The van der Waals surface area contributed by atoms with E-state index in [0.29, 0.717) is 5.56 Å². The lowest BCUT2D eigenvalue weighted by molar-refractivity contribution is 0.519. The first kappa shape index (κ1) is 12.7. The third-order valence-electron chi connectivity index (χ3n) is 1.73. The molecule has 0 aliphatic carbocycles. The molecule has 7 heteroatoms. The van der Waals surface area contributed by atoms with Crippen LogP contribution in [0.2, 0.25) is 10.3 Å². The Balaban J connectivity index is 3.00. The van der Waals surface area contributed by atoms with Crippen molar-refractivity contribution in [3.05, 3.63) is 28.0 Å². The van der Waals surface area contributed by atoms with E-state index in [4.69, 9.17) is 23.2 Å². The largest absolute Gasteiger partial charge is 0.224 e. The van der Waals surface area contributed by atoms with Gasteiger partial charge in [0.2, 0.25) is 10.0 Å². The van der Waals surface area contributed by atoms with E-state index in [0.717, 1.165) is 4.31 Å². The third kappa shape index (κ3) is 3.61. The summed E-state index contributed by atoms with van der Waals surface area (Å²) >= 11 is 11.3. The van der Waals surface area contributed by atoms with E-state index in [1.165, 1.54) is 26.2 Å². The summed E-state index contributed by atoms with van der Waals surface area (Å²) < 4.78 is 24.2. The van der Waals surface area contributed by atoms with Gasteiger partial charge in [0.1, 0.15) is 10.3 Å². The van der Waals surface area contributed by atoms with Crippen molar-refractivity contribution in [2.75, 3.05) is 14.1 Å². The summed E-state index contributed by atoms with van der Waals surface area (Å²) in [6.45, 7) is 0. The summed E-state index contributed by atoms with van der Waals surface area (Å²) in [6, 6.07) is 2.96. The minimum Gasteiger partial charge on any atom is -0.224 e. The molecule has 15 heavy (non-hydrogen) atoms. The van der Waals surface area contributed by atoms with Crippen molar-refractivity contribution in [3.8, 4) is 0 Å². The molecule has 0 bridgehead atoms. The highest BCUT2D eigenvalue weighted by atomic mass is 35.5. The second-order valence-corrected chi connectivity index (χ2v) is 6.12. The summed E-state index contributed by atoms with van der Waals surface area (Å²) in [6.07, 6.45) is 0. The summed E-state index contributed by atoms with van der Waals surface area (Å²) in [4.78, 5) is 3.73. The van der Waals surface area contributed by atoms with Gasteiger partial charge in [-0.1, -0.05) is 23.2 Å². The molecule has 84 valence electrons. The van der Waals surface area contributed by atoms with Crippen molar-refractivity contribution in [2.24, 2.45) is 0 Å². The zero-order valence-electron chi connectivity index (χ0n) is 8.24. The van der Waals surface area contributed by atoms with Crippen LogP contribution in [0.5, 0.6) is 0 Å². The maximum atomic E-state index is 11.5. The van der Waals surface area contributed by atoms with Crippen molar-refractivity contribution in [3.63, 3.8) is 0 Å². The number of halogens is 2. The fourth-order valence-corrected chi connectivity index (χ4v) is 2.29. The molecule has 0 saturated carbocycles. The monoisotopic (exact) mass is 268 g/mol. The van der Waals surface area contributed by atoms with Gasteiger partial charge in [-0.25, -0.2) is 17.7 Å². The van der Waals surface area contributed by atoms with Gasteiger partial charge in [0.05, 0.1) is 5.75 Å². The molecule has 0 aliphatic heterocycles. The van der Waals surface area contributed by atoms with Crippen LogP contribution in [0.15, 0.2) is 12.1 Å². The fourth-order valence-electron chi connectivity index (χ4n) is 0.937. The topological polar surface area (TPSA) is 50.3 Å². The van der Waals surface area contributed by atoms with Crippen LogP contribution in [0.1, 0.15) is 5.56 Å². The van der Waals surface area contributed by atoms with Crippen LogP contribution in [0.3, 0.4) is 0 Å². The van der Waals surface area contributed by atoms with Gasteiger partial charge >= 0.3 is 0 Å². The predicted octanol–water partition coefficient (Wildman–Crippen LogP) is 1.78. The van der Waals surface area contributed by atoms with Gasteiger partial charge in [-0.15, -0.1) is 0 Å². The molecule has 1 aromatic rings. The Bertz CT molecular complexity index is 439. The summed E-state index contributed by atoms with van der Waals surface area (Å²) in [5.74, 6) is -0.137. The maximum Gasteiger partial charge on any atom is 0.217 e. The predicted molar refractivity (Wildman–Crippen MR) is 60.6 cm³/mol. The zero-order chi connectivity index (χ0) is 11.6. The van der Waals surface area contributed by atoms with Crippen molar-refractivity contribution >= 4 is 33.2 Å². The maximum absolute atomic E-state index is 11.5. The minimum absolute atomic E-state index is 0.137. The molecule has 0 spiro atoms. The standard InChI is InChI=1S/C8H10Cl2N2O2S/c1-12(2)15(13,14)5-6-3-7(9)11-8(10)4-6/h3-4H,5H2,1-2H3. The number of aromatic nitrogens is 1. The minimum atomic E-state index is -3.30. The van der Waals surface area contributed by atoms with Crippen LogP contribution in [0.4, 0.5) is 0 Å². The van der Waals surface area contributed by atoms with E-state index in [2.05, 4.69) is 4.98 Å². The highest BCUT2D eigenvalue weighted by Crippen LogP contribution is 2.17. The Hall–Kier alpha value is -0.360. The van der Waals surface area contributed by atoms with Gasteiger partial charge < -0.3 is 0 Å². The number of sulfonamides is 1. The summed E-state index contributed by atoms with van der Waals surface area (Å²) in [5.41, 5.74) is 0.522. The zero-order valence-corrected chi connectivity index (χ0v) is 10.6. The molecule has 0 fully saturated rings. The Morgan fingerprint density at radius 2 is 1.73 bits per heavy atom. The molecule has 0 aliphatic rings. The Morgan fingerprint density at radius 1 is 1.27 bits per heavy atom. The summed E-state index contributed by atoms with van der Waals surface area (Å²) in [7, 11) is -0.353. The van der Waals surface area contributed by atoms with E-state index in [9.17, 15) is 8.42 Å². The molecule has 0 atom stereocenters. The number of rotatable bonds is 3. The average molecular weight is 269 g/mol. The van der Waals surface area contributed by atoms with Crippen LogP contribution < -0.4 is 0 Å². The first-order valence-corrected chi connectivity index (χ1v) is 6.40. The molecule has 4 nitrogen and oxygen atoms in total. The molecule has 0 amide bonds. The van der Waals surface area contributed by atoms with Crippen LogP contribution in [0, 0.1) is 0 Å². The molecule has 1 aromatic heterocycles. The smallest absolute Gasteiger partial charge is 0.217 e. The van der Waals surface area contributed by atoms with Crippen molar-refractivity contribution in [2.45, 2.75) is 5.75 Å². The van der Waals surface area contributed by atoms with Gasteiger partial charge in [0, 0.05) is 14.1 Å². The molecule has 0 unspecified atom stereocenters. The lowest BCUT2D eigenvalue weighted by Crippen LogP contribution is -2.23. The van der Waals surface area contributed by atoms with Gasteiger partial charge in [-0.2, -0.15) is 0 Å². The van der Waals surface area contributed by atoms with E-state index in [-0.39, 0.29) is 16.1 Å². The van der Waals surface area contributed by atoms with Gasteiger partial charge in [-0.3, -0.25) is 0 Å². The Labute approximate surface area is 98.9 Å². The normalized spacial score (nSPS) is 12.1. The number of pyridine rings is 1. The van der Waals surface area contributed by atoms with Gasteiger partial charge in [0.25, 0.3) is 0 Å². The fraction of sp³-hybridized carbons (Fsp3) is 0.375. The lowest BCUT2D eigenvalue weighted by atomic mass is 10.3. The van der Waals surface area contributed by atoms with Crippen LogP contribution in [-0.4, -0.2) is 31.8 Å². The molecule has 1 rings (SSSR count). The third-order valence-corrected chi connectivity index (χ3v) is 3.93. The van der Waals surface area contributed by atoms with E-state index in [1.807, 2.05) is 0 Å². The van der Waals surface area contributed by atoms with Crippen LogP contribution in [-0.2, 0) is 15.8 Å². The number of nitrogens with zero attached hydrogens (tertiary/aromatic N) is 2. The van der Waals surface area contributed by atoms with E-state index in [1.54, 1.807) is 0 Å². The quantitative estimate of drug-likeness (QED) is 0.786. The van der Waals surface area contributed by atoms with Gasteiger partial charge in [0.15, 0.2) is 0 Å². The first-order chi connectivity index (χ1) is 6.81. The van der Waals surface area contributed by atoms with Crippen LogP contribution >= 0.6 is 23.2 Å². The molecule has 0 saturated heterocycles. The highest BCUT2D eigenvalue weighted by Gasteiger charge is 2.15. The number of hydrogen-bond donors (Lipinski definition) is 0. The van der Waals surface area contributed by atoms with Crippen molar-refractivity contribution < 1.29 is 8.42 Å². The lowest BCUT2D eigenvalue weighted by Gasteiger charge is -2.11. The van der Waals surface area contributed by atoms with Crippen molar-refractivity contribution in [1.82, 2.24) is 9.29 Å². The Kier molecular flexibility index (Phi) is 3.94. The SMILES string of the molecule is CN(C)S(=O)(=O)Cc1cc(Cl)nc(Cl)c1. The van der Waals surface area contributed by atoms with E-state index < -0.39 is 10.0 Å². The van der Waals surface area contributed by atoms with Crippen LogP contribution in [0.25, 0.3) is 0 Å². The molecule has 0 N–H and O–H groups in total. The molecule has 0 radical (unpaired) electrons. The van der Waals surface area contributed by atoms with Crippen molar-refractivity contribution in [1.29, 1.82) is 0 Å².